The van der Waals surface area contributed by atoms with Crippen LogP contribution in [0.5, 0.6) is 5.75 Å². The van der Waals surface area contributed by atoms with E-state index in [2.05, 4.69) is 16.8 Å². The molecule has 3 aliphatic rings. The van der Waals surface area contributed by atoms with Crippen LogP contribution < -0.4 is 4.74 Å². The SMILES string of the molecule is CCCOc1ccc(S(=O)(=O)N2CC3(CC(N4CCN(C)CC4)CO3)C2)cc1. The summed E-state index contributed by atoms with van der Waals surface area (Å²) in [6, 6.07) is 7.14. The minimum absolute atomic E-state index is 0.300. The van der Waals surface area contributed by atoms with Crippen LogP contribution in [0.25, 0.3) is 0 Å². The molecule has 1 unspecified atom stereocenters. The van der Waals surface area contributed by atoms with Crippen LogP contribution in [0.2, 0.25) is 0 Å². The third-order valence-electron chi connectivity index (χ3n) is 6.11. The van der Waals surface area contributed by atoms with E-state index in [9.17, 15) is 8.42 Å². The van der Waals surface area contributed by atoms with Crippen molar-refractivity contribution in [1.29, 1.82) is 0 Å². The molecule has 1 aromatic rings. The lowest BCUT2D eigenvalue weighted by atomic mass is 9.91. The molecule has 0 bridgehead atoms. The van der Waals surface area contributed by atoms with Crippen LogP contribution in [0.1, 0.15) is 19.8 Å². The number of hydrogen-bond donors (Lipinski definition) is 0. The van der Waals surface area contributed by atoms with Crippen LogP contribution in [-0.4, -0.2) is 93.7 Å². The molecular weight excluding hydrogens is 378 g/mol. The standard InChI is InChI=1S/C20H31N3O4S/c1-3-12-26-18-4-6-19(7-5-18)28(24,25)23-15-20(16-23)13-17(14-27-20)22-10-8-21(2)9-11-22/h4-7,17H,3,8-16H2,1-2H3. The summed E-state index contributed by atoms with van der Waals surface area (Å²) in [7, 11) is -1.32. The van der Waals surface area contributed by atoms with E-state index in [0.717, 1.165) is 39.0 Å². The zero-order chi connectivity index (χ0) is 19.8. The summed E-state index contributed by atoms with van der Waals surface area (Å²) in [5.74, 6) is 0.704. The van der Waals surface area contributed by atoms with Gasteiger partial charge in [-0.05, 0) is 44.2 Å². The second-order valence-corrected chi connectivity index (χ2v) is 10.2. The zero-order valence-corrected chi connectivity index (χ0v) is 17.7. The summed E-state index contributed by atoms with van der Waals surface area (Å²) in [5.41, 5.74) is -0.300. The third kappa shape index (κ3) is 3.93. The van der Waals surface area contributed by atoms with E-state index in [1.807, 2.05) is 6.92 Å². The molecule has 4 rings (SSSR count). The van der Waals surface area contributed by atoms with Gasteiger partial charge in [-0.15, -0.1) is 0 Å². The van der Waals surface area contributed by atoms with Crippen molar-refractivity contribution in [3.05, 3.63) is 24.3 Å². The van der Waals surface area contributed by atoms with Gasteiger partial charge in [0.25, 0.3) is 0 Å². The van der Waals surface area contributed by atoms with Crippen molar-refractivity contribution >= 4 is 10.0 Å². The normalized spacial score (nSPS) is 26.4. The fourth-order valence-corrected chi connectivity index (χ4v) is 5.89. The third-order valence-corrected chi connectivity index (χ3v) is 7.91. The van der Waals surface area contributed by atoms with Gasteiger partial charge < -0.3 is 14.4 Å². The van der Waals surface area contributed by atoms with Crippen LogP contribution >= 0.6 is 0 Å². The molecule has 0 saturated carbocycles. The number of hydrogen-bond acceptors (Lipinski definition) is 6. The molecule has 3 saturated heterocycles. The van der Waals surface area contributed by atoms with Gasteiger partial charge in [-0.3, -0.25) is 4.90 Å². The predicted molar refractivity (Wildman–Crippen MR) is 107 cm³/mol. The second-order valence-electron chi connectivity index (χ2n) is 8.28. The number of nitrogens with zero attached hydrogens (tertiary/aromatic N) is 3. The van der Waals surface area contributed by atoms with Crippen molar-refractivity contribution < 1.29 is 17.9 Å². The monoisotopic (exact) mass is 409 g/mol. The summed E-state index contributed by atoms with van der Waals surface area (Å²) in [5, 5.41) is 0. The molecule has 8 heteroatoms. The van der Waals surface area contributed by atoms with Crippen molar-refractivity contribution in [3.8, 4) is 5.75 Å². The highest BCUT2D eigenvalue weighted by Crippen LogP contribution is 2.39. The van der Waals surface area contributed by atoms with Crippen LogP contribution in [0.15, 0.2) is 29.2 Å². The molecule has 28 heavy (non-hydrogen) atoms. The predicted octanol–water partition coefficient (Wildman–Crippen LogP) is 1.25. The molecule has 0 aromatic heterocycles. The Morgan fingerprint density at radius 3 is 2.46 bits per heavy atom. The first-order valence-corrected chi connectivity index (χ1v) is 11.7. The number of sulfonamides is 1. The summed E-state index contributed by atoms with van der Waals surface area (Å²) < 4.78 is 39.0. The Kier molecular flexibility index (Phi) is 5.68. The molecule has 1 spiro atoms. The largest absolute Gasteiger partial charge is 0.494 e. The minimum Gasteiger partial charge on any atom is -0.494 e. The average Bonchev–Trinajstić information content (AvgIpc) is 3.12. The van der Waals surface area contributed by atoms with Gasteiger partial charge in [0.2, 0.25) is 10.0 Å². The number of ether oxygens (including phenoxy) is 2. The molecule has 7 nitrogen and oxygen atoms in total. The summed E-state index contributed by atoms with van der Waals surface area (Å²) in [6.45, 7) is 8.58. The van der Waals surface area contributed by atoms with Gasteiger partial charge in [0.15, 0.2) is 0 Å². The second kappa shape index (κ2) is 7.91. The Balaban J connectivity index is 1.34. The minimum atomic E-state index is -3.48. The number of piperazine rings is 1. The van der Waals surface area contributed by atoms with Gasteiger partial charge in [0, 0.05) is 45.3 Å². The van der Waals surface area contributed by atoms with E-state index in [0.29, 0.717) is 43.0 Å². The van der Waals surface area contributed by atoms with Crippen molar-refractivity contribution in [3.63, 3.8) is 0 Å². The lowest BCUT2D eigenvalue weighted by molar-refractivity contribution is -0.0774. The Labute approximate surface area is 168 Å². The molecule has 1 aromatic carbocycles. The Morgan fingerprint density at radius 1 is 1.14 bits per heavy atom. The molecule has 3 fully saturated rings. The van der Waals surface area contributed by atoms with E-state index in [-0.39, 0.29) is 5.60 Å². The maximum Gasteiger partial charge on any atom is 0.243 e. The Morgan fingerprint density at radius 2 is 1.82 bits per heavy atom. The van der Waals surface area contributed by atoms with Gasteiger partial charge >= 0.3 is 0 Å². The number of likely N-dealkylation sites (N-methyl/N-ethyl adjacent to an activating group) is 1. The molecule has 3 aliphatic heterocycles. The van der Waals surface area contributed by atoms with E-state index in [1.54, 1.807) is 28.6 Å². The smallest absolute Gasteiger partial charge is 0.243 e. The topological polar surface area (TPSA) is 62.3 Å². The molecule has 1 atom stereocenters. The highest BCUT2D eigenvalue weighted by Gasteiger charge is 2.54. The quantitative estimate of drug-likeness (QED) is 0.705. The highest BCUT2D eigenvalue weighted by atomic mass is 32.2. The molecule has 0 N–H and O–H groups in total. The molecule has 3 heterocycles. The van der Waals surface area contributed by atoms with Crippen molar-refractivity contribution in [2.45, 2.75) is 36.3 Å². The van der Waals surface area contributed by atoms with Crippen molar-refractivity contribution in [2.24, 2.45) is 0 Å². The van der Waals surface area contributed by atoms with Gasteiger partial charge in [-0.2, -0.15) is 4.31 Å². The Hall–Kier alpha value is -1.19. The fraction of sp³-hybridized carbons (Fsp3) is 0.700. The fourth-order valence-electron chi connectivity index (χ4n) is 4.31. The number of rotatable bonds is 6. The van der Waals surface area contributed by atoms with E-state index in [1.165, 1.54) is 0 Å². The highest BCUT2D eigenvalue weighted by molar-refractivity contribution is 7.89. The molecule has 156 valence electrons. The summed E-state index contributed by atoms with van der Waals surface area (Å²) >= 11 is 0. The van der Waals surface area contributed by atoms with E-state index < -0.39 is 10.0 Å². The summed E-state index contributed by atoms with van der Waals surface area (Å²) in [4.78, 5) is 5.17. The van der Waals surface area contributed by atoms with Crippen LogP contribution in [0.3, 0.4) is 0 Å². The van der Waals surface area contributed by atoms with Gasteiger partial charge in [-0.1, -0.05) is 6.92 Å². The van der Waals surface area contributed by atoms with Gasteiger partial charge in [0.1, 0.15) is 5.75 Å². The Bertz CT molecular complexity index is 769. The molecular formula is C20H31N3O4S. The van der Waals surface area contributed by atoms with E-state index >= 15 is 0 Å². The van der Waals surface area contributed by atoms with Crippen molar-refractivity contribution in [2.75, 3.05) is 59.5 Å². The van der Waals surface area contributed by atoms with Gasteiger partial charge in [0.05, 0.1) is 23.7 Å². The first-order valence-electron chi connectivity index (χ1n) is 10.2. The first kappa shape index (κ1) is 20.1. The van der Waals surface area contributed by atoms with Crippen molar-refractivity contribution in [1.82, 2.24) is 14.1 Å². The lowest BCUT2D eigenvalue weighted by Gasteiger charge is -2.46. The van der Waals surface area contributed by atoms with Crippen LogP contribution in [0, 0.1) is 0 Å². The summed E-state index contributed by atoms with van der Waals surface area (Å²) in [6.07, 6.45) is 1.84. The van der Waals surface area contributed by atoms with Crippen LogP contribution in [0.4, 0.5) is 0 Å². The maximum atomic E-state index is 12.9. The molecule has 0 aliphatic carbocycles. The first-order chi connectivity index (χ1) is 13.4. The lowest BCUT2D eigenvalue weighted by Crippen LogP contribution is -2.63. The van der Waals surface area contributed by atoms with E-state index in [4.69, 9.17) is 9.47 Å². The van der Waals surface area contributed by atoms with Gasteiger partial charge in [-0.25, -0.2) is 8.42 Å². The zero-order valence-electron chi connectivity index (χ0n) is 16.8. The number of benzene rings is 1. The van der Waals surface area contributed by atoms with Crippen LogP contribution in [-0.2, 0) is 14.8 Å². The average molecular weight is 410 g/mol. The molecule has 0 amide bonds. The molecule has 0 radical (unpaired) electrons. The maximum absolute atomic E-state index is 12.9.